The molecule has 0 saturated heterocycles. The molecular formula is C22H13ClN2O5. The lowest BCUT2D eigenvalue weighted by Crippen LogP contribution is -2.29. The van der Waals surface area contributed by atoms with Gasteiger partial charge in [-0.2, -0.15) is 0 Å². The highest BCUT2D eigenvalue weighted by atomic mass is 35.5. The number of amides is 2. The second kappa shape index (κ2) is 7.53. The van der Waals surface area contributed by atoms with Crippen molar-refractivity contribution in [3.05, 3.63) is 110 Å². The van der Waals surface area contributed by atoms with Gasteiger partial charge in [-0.05, 0) is 23.8 Å². The van der Waals surface area contributed by atoms with Crippen molar-refractivity contribution in [3.8, 4) is 0 Å². The molecule has 3 aromatic carbocycles. The molecule has 0 bridgehead atoms. The number of ketones is 1. The Morgan fingerprint density at radius 2 is 1.60 bits per heavy atom. The Bertz CT molecular complexity index is 1240. The minimum atomic E-state index is -0.589. The number of halogens is 1. The van der Waals surface area contributed by atoms with Gasteiger partial charge in [0.1, 0.15) is 0 Å². The number of rotatable bonds is 5. The number of hydrogen-bond donors (Lipinski definition) is 0. The number of nitrogens with zero attached hydrogens (tertiary/aromatic N) is 2. The second-order valence-corrected chi connectivity index (χ2v) is 7.09. The maximum atomic E-state index is 12.8. The molecule has 4 rings (SSSR count). The van der Waals surface area contributed by atoms with E-state index in [0.717, 1.165) is 4.90 Å². The molecule has 0 aliphatic carbocycles. The van der Waals surface area contributed by atoms with Gasteiger partial charge in [-0.25, -0.2) is 0 Å². The summed E-state index contributed by atoms with van der Waals surface area (Å²) in [5, 5.41) is 11.4. The highest BCUT2D eigenvalue weighted by Gasteiger charge is 2.36. The van der Waals surface area contributed by atoms with Crippen LogP contribution in [-0.4, -0.2) is 27.4 Å². The van der Waals surface area contributed by atoms with Gasteiger partial charge in [0.25, 0.3) is 17.5 Å². The van der Waals surface area contributed by atoms with Crippen LogP contribution >= 0.6 is 11.6 Å². The van der Waals surface area contributed by atoms with Crippen molar-refractivity contribution in [2.75, 3.05) is 0 Å². The van der Waals surface area contributed by atoms with Crippen LogP contribution in [0.3, 0.4) is 0 Å². The third-order valence-corrected chi connectivity index (χ3v) is 5.21. The zero-order valence-corrected chi connectivity index (χ0v) is 16.1. The monoisotopic (exact) mass is 420 g/mol. The van der Waals surface area contributed by atoms with Gasteiger partial charge in [-0.3, -0.25) is 29.4 Å². The summed E-state index contributed by atoms with van der Waals surface area (Å²) < 4.78 is 0. The molecule has 1 aliphatic heterocycles. The molecule has 0 aromatic heterocycles. The van der Waals surface area contributed by atoms with E-state index in [2.05, 4.69) is 0 Å². The second-order valence-electron chi connectivity index (χ2n) is 6.68. The number of carbonyl (C=O) groups excluding carboxylic acids is 3. The summed E-state index contributed by atoms with van der Waals surface area (Å²) in [6, 6.07) is 16.4. The normalized spacial score (nSPS) is 12.8. The number of carbonyl (C=O) groups is 3. The van der Waals surface area contributed by atoms with Gasteiger partial charge in [0.05, 0.1) is 22.6 Å². The maximum Gasteiger partial charge on any atom is 0.270 e. The van der Waals surface area contributed by atoms with E-state index in [4.69, 9.17) is 11.6 Å². The first kappa shape index (κ1) is 19.5. The van der Waals surface area contributed by atoms with Gasteiger partial charge in [0.15, 0.2) is 5.78 Å². The summed E-state index contributed by atoms with van der Waals surface area (Å²) >= 11 is 6.14. The van der Waals surface area contributed by atoms with E-state index in [0.29, 0.717) is 10.6 Å². The molecule has 1 aliphatic rings. The van der Waals surface area contributed by atoms with Crippen LogP contribution in [0.4, 0.5) is 5.69 Å². The Morgan fingerprint density at radius 1 is 0.900 bits per heavy atom. The maximum absolute atomic E-state index is 12.8. The summed E-state index contributed by atoms with van der Waals surface area (Å²) in [4.78, 5) is 49.8. The van der Waals surface area contributed by atoms with Crippen LogP contribution in [0.2, 0.25) is 5.02 Å². The molecule has 30 heavy (non-hydrogen) atoms. The highest BCUT2D eigenvalue weighted by molar-refractivity contribution is 6.31. The molecule has 8 heteroatoms. The first-order chi connectivity index (χ1) is 14.4. The molecule has 0 atom stereocenters. The van der Waals surface area contributed by atoms with Gasteiger partial charge in [0, 0.05) is 28.3 Å². The van der Waals surface area contributed by atoms with Crippen molar-refractivity contribution in [1.29, 1.82) is 0 Å². The summed E-state index contributed by atoms with van der Waals surface area (Å²) in [5.74, 6) is -1.47. The van der Waals surface area contributed by atoms with E-state index in [1.807, 2.05) is 0 Å². The zero-order chi connectivity index (χ0) is 21.4. The third kappa shape index (κ3) is 3.35. The van der Waals surface area contributed by atoms with Gasteiger partial charge in [-0.15, -0.1) is 0 Å². The number of non-ortho nitro benzene ring substituents is 1. The van der Waals surface area contributed by atoms with E-state index in [1.54, 1.807) is 24.3 Å². The van der Waals surface area contributed by atoms with E-state index in [-0.39, 0.29) is 34.5 Å². The molecule has 1 heterocycles. The lowest BCUT2D eigenvalue weighted by Gasteiger charge is -2.14. The Balaban J connectivity index is 1.65. The summed E-state index contributed by atoms with van der Waals surface area (Å²) in [5.41, 5.74) is 1.01. The number of benzene rings is 3. The lowest BCUT2D eigenvalue weighted by molar-refractivity contribution is -0.384. The molecule has 0 spiro atoms. The Kier molecular flexibility index (Phi) is 4.89. The fourth-order valence-corrected chi connectivity index (χ4v) is 3.50. The smallest absolute Gasteiger partial charge is 0.270 e. The van der Waals surface area contributed by atoms with Gasteiger partial charge in [0.2, 0.25) is 0 Å². The quantitative estimate of drug-likeness (QED) is 0.265. The van der Waals surface area contributed by atoms with Crippen LogP contribution in [0.5, 0.6) is 0 Å². The third-order valence-electron chi connectivity index (χ3n) is 4.84. The number of imide groups is 1. The Hall–Kier alpha value is -3.84. The first-order valence-electron chi connectivity index (χ1n) is 8.89. The van der Waals surface area contributed by atoms with Crippen molar-refractivity contribution in [2.24, 2.45) is 0 Å². The van der Waals surface area contributed by atoms with Crippen molar-refractivity contribution >= 4 is 34.9 Å². The number of fused-ring (bicyclic) bond motifs is 1. The summed E-state index contributed by atoms with van der Waals surface area (Å²) in [6.07, 6.45) is 0. The highest BCUT2D eigenvalue weighted by Crippen LogP contribution is 2.28. The zero-order valence-electron chi connectivity index (χ0n) is 15.4. The average Bonchev–Trinajstić information content (AvgIpc) is 2.99. The van der Waals surface area contributed by atoms with Crippen LogP contribution in [0.1, 0.15) is 42.2 Å². The van der Waals surface area contributed by atoms with Crippen LogP contribution < -0.4 is 0 Å². The van der Waals surface area contributed by atoms with Crippen LogP contribution in [0.25, 0.3) is 0 Å². The predicted molar refractivity (Wildman–Crippen MR) is 109 cm³/mol. The molecule has 7 nitrogen and oxygen atoms in total. The molecule has 0 fully saturated rings. The predicted octanol–water partition coefficient (Wildman–Crippen LogP) is 4.28. The molecule has 0 N–H and O–H groups in total. The molecule has 0 saturated carbocycles. The molecule has 148 valence electrons. The number of hydrogen-bond acceptors (Lipinski definition) is 5. The van der Waals surface area contributed by atoms with Crippen LogP contribution in [0, 0.1) is 10.1 Å². The molecule has 0 radical (unpaired) electrons. The lowest BCUT2D eigenvalue weighted by atomic mass is 9.99. The fraction of sp³-hybridized carbons (Fsp3) is 0.0455. The van der Waals surface area contributed by atoms with E-state index >= 15 is 0 Å². The molecule has 2 amide bonds. The largest absolute Gasteiger partial charge is 0.289 e. The summed E-state index contributed by atoms with van der Waals surface area (Å²) in [6.45, 7) is 0.0141. The van der Waals surface area contributed by atoms with Gasteiger partial charge in [-0.1, -0.05) is 48.0 Å². The molecular weight excluding hydrogens is 408 g/mol. The van der Waals surface area contributed by atoms with E-state index in [1.165, 1.54) is 42.5 Å². The minimum Gasteiger partial charge on any atom is -0.289 e. The molecule has 3 aromatic rings. The van der Waals surface area contributed by atoms with Crippen molar-refractivity contribution < 1.29 is 19.3 Å². The van der Waals surface area contributed by atoms with Crippen molar-refractivity contribution in [2.45, 2.75) is 6.54 Å². The topological polar surface area (TPSA) is 97.6 Å². The fourth-order valence-electron chi connectivity index (χ4n) is 3.30. The Labute approximate surface area is 175 Å². The van der Waals surface area contributed by atoms with Crippen molar-refractivity contribution in [1.82, 2.24) is 4.90 Å². The SMILES string of the molecule is O=C(c1cccc([N+](=O)[O-])c1)c1ccc2c(c1)C(=O)N(Cc1ccccc1Cl)C2=O. The number of nitro benzene ring substituents is 1. The standard InChI is InChI=1S/C22H13ClN2O5/c23-19-7-2-1-4-15(19)12-24-21(27)17-9-8-14(11-18(17)22(24)28)20(26)13-5-3-6-16(10-13)25(29)30/h1-11H,12H2. The number of nitro groups is 1. The van der Waals surface area contributed by atoms with Gasteiger partial charge >= 0.3 is 0 Å². The van der Waals surface area contributed by atoms with Crippen LogP contribution in [-0.2, 0) is 6.54 Å². The van der Waals surface area contributed by atoms with E-state index < -0.39 is 22.5 Å². The Morgan fingerprint density at radius 3 is 2.33 bits per heavy atom. The summed E-state index contributed by atoms with van der Waals surface area (Å²) in [7, 11) is 0. The van der Waals surface area contributed by atoms with Gasteiger partial charge < -0.3 is 0 Å². The van der Waals surface area contributed by atoms with Crippen molar-refractivity contribution in [3.63, 3.8) is 0 Å². The van der Waals surface area contributed by atoms with Crippen LogP contribution in [0.15, 0.2) is 66.7 Å². The average molecular weight is 421 g/mol. The minimum absolute atomic E-state index is 0.0141. The first-order valence-corrected chi connectivity index (χ1v) is 9.27. The molecule has 0 unspecified atom stereocenters. The van der Waals surface area contributed by atoms with E-state index in [9.17, 15) is 24.5 Å².